The van der Waals surface area contributed by atoms with E-state index in [9.17, 15) is 21.6 Å². The Kier molecular flexibility index (Phi) is 3.17. The zero-order valence-electron chi connectivity index (χ0n) is 6.65. The van der Waals surface area contributed by atoms with Crippen LogP contribution in [-0.2, 0) is 10.0 Å². The van der Waals surface area contributed by atoms with Gasteiger partial charge in [-0.15, -0.1) is 0 Å². The highest BCUT2D eigenvalue weighted by Crippen LogP contribution is 2.11. The lowest BCUT2D eigenvalue weighted by Crippen LogP contribution is -2.36. The zero-order valence-corrected chi connectivity index (χ0v) is 7.47. The number of furan rings is 1. The minimum atomic E-state index is -4.33. The second kappa shape index (κ2) is 4.01. The Morgan fingerprint density at radius 1 is 1.36 bits per heavy atom. The second-order valence-corrected chi connectivity index (χ2v) is 3.93. The van der Waals surface area contributed by atoms with Gasteiger partial charge in [-0.1, -0.05) is 0 Å². The van der Waals surface area contributed by atoms with E-state index in [1.54, 1.807) is 0 Å². The Labute approximate surface area is 77.8 Å². The second-order valence-electron chi connectivity index (χ2n) is 2.29. The maximum atomic E-state index is 12.3. The van der Waals surface area contributed by atoms with Gasteiger partial charge in [0.25, 0.3) is 16.4 Å². The highest BCUT2D eigenvalue weighted by molar-refractivity contribution is 7.89. The van der Waals surface area contributed by atoms with Crippen molar-refractivity contribution in [1.29, 1.82) is 0 Å². The van der Waals surface area contributed by atoms with Crippen LogP contribution in [0.3, 0.4) is 0 Å². The SMILES string of the molecule is O=S(=O)(NC(F)C(F)F)c1ccco1. The summed E-state index contributed by atoms with van der Waals surface area (Å²) < 4.78 is 63.3. The van der Waals surface area contributed by atoms with Crippen LogP contribution in [-0.4, -0.2) is 21.1 Å². The largest absolute Gasteiger partial charge is 0.452 e. The Balaban J connectivity index is 2.79. The number of nitrogens with one attached hydrogen (secondary N) is 1. The van der Waals surface area contributed by atoms with Gasteiger partial charge in [0.05, 0.1) is 6.26 Å². The summed E-state index contributed by atoms with van der Waals surface area (Å²) in [6.45, 7) is 0. The predicted octanol–water partition coefficient (Wildman–Crippen LogP) is 1.12. The quantitative estimate of drug-likeness (QED) is 0.787. The van der Waals surface area contributed by atoms with E-state index in [1.807, 2.05) is 0 Å². The highest BCUT2D eigenvalue weighted by atomic mass is 32.2. The Bertz CT molecular complexity index is 375. The van der Waals surface area contributed by atoms with E-state index in [4.69, 9.17) is 0 Å². The number of hydrogen-bond donors (Lipinski definition) is 1. The fourth-order valence-electron chi connectivity index (χ4n) is 0.674. The molecule has 80 valence electrons. The molecule has 0 aromatic carbocycles. The summed E-state index contributed by atoms with van der Waals surface area (Å²) in [5, 5.41) is -0.610. The van der Waals surface area contributed by atoms with Gasteiger partial charge in [-0.3, -0.25) is 0 Å². The van der Waals surface area contributed by atoms with Crippen molar-refractivity contribution in [2.45, 2.75) is 17.8 Å². The summed E-state index contributed by atoms with van der Waals surface area (Å²) in [5.74, 6) is 0. The van der Waals surface area contributed by atoms with E-state index in [-0.39, 0.29) is 0 Å². The van der Waals surface area contributed by atoms with Crippen LogP contribution >= 0.6 is 0 Å². The smallest absolute Gasteiger partial charge is 0.283 e. The Hall–Kier alpha value is -1.02. The summed E-state index contributed by atoms with van der Waals surface area (Å²) in [6, 6.07) is 2.25. The van der Waals surface area contributed by atoms with Crippen molar-refractivity contribution in [1.82, 2.24) is 4.72 Å². The van der Waals surface area contributed by atoms with Gasteiger partial charge in [-0.05, 0) is 12.1 Å². The van der Waals surface area contributed by atoms with Gasteiger partial charge in [0.1, 0.15) is 0 Å². The van der Waals surface area contributed by atoms with Crippen LogP contribution in [0, 0.1) is 0 Å². The molecule has 1 unspecified atom stereocenters. The highest BCUT2D eigenvalue weighted by Gasteiger charge is 2.27. The van der Waals surface area contributed by atoms with Crippen LogP contribution < -0.4 is 4.72 Å². The third-order valence-corrected chi connectivity index (χ3v) is 2.55. The topological polar surface area (TPSA) is 59.3 Å². The normalized spacial score (nSPS) is 14.6. The third-order valence-electron chi connectivity index (χ3n) is 1.25. The lowest BCUT2D eigenvalue weighted by molar-refractivity contribution is 0.0438. The molecule has 0 aliphatic rings. The molecule has 0 aliphatic heterocycles. The molecular formula is C6H6F3NO3S. The predicted molar refractivity (Wildman–Crippen MR) is 39.9 cm³/mol. The molecule has 0 amide bonds. The van der Waals surface area contributed by atoms with Crippen molar-refractivity contribution in [3.63, 3.8) is 0 Å². The average molecular weight is 229 g/mol. The van der Waals surface area contributed by atoms with Crippen LogP contribution in [0.5, 0.6) is 0 Å². The summed E-state index contributed by atoms with van der Waals surface area (Å²) in [5.41, 5.74) is 0. The number of alkyl halides is 3. The van der Waals surface area contributed by atoms with E-state index in [1.165, 1.54) is 6.07 Å². The maximum Gasteiger partial charge on any atom is 0.283 e. The van der Waals surface area contributed by atoms with Gasteiger partial charge in [0, 0.05) is 0 Å². The molecule has 1 rings (SSSR count). The fourth-order valence-corrected chi connectivity index (χ4v) is 1.63. The van der Waals surface area contributed by atoms with Crippen molar-refractivity contribution in [2.75, 3.05) is 0 Å². The first-order chi connectivity index (χ1) is 6.43. The van der Waals surface area contributed by atoms with Crippen molar-refractivity contribution < 1.29 is 26.0 Å². The van der Waals surface area contributed by atoms with Crippen LogP contribution in [0.4, 0.5) is 13.2 Å². The lowest BCUT2D eigenvalue weighted by atomic mass is 10.7. The molecule has 0 aliphatic carbocycles. The van der Waals surface area contributed by atoms with E-state index >= 15 is 0 Å². The summed E-state index contributed by atoms with van der Waals surface area (Å²) in [7, 11) is -4.33. The zero-order chi connectivity index (χ0) is 10.8. The van der Waals surface area contributed by atoms with E-state index in [2.05, 4.69) is 4.42 Å². The average Bonchev–Trinajstić information content (AvgIpc) is 2.54. The van der Waals surface area contributed by atoms with E-state index in [0.717, 1.165) is 17.1 Å². The van der Waals surface area contributed by atoms with Crippen molar-refractivity contribution in [3.05, 3.63) is 18.4 Å². The third kappa shape index (κ3) is 2.48. The van der Waals surface area contributed by atoms with Gasteiger partial charge >= 0.3 is 0 Å². The van der Waals surface area contributed by atoms with Gasteiger partial charge in [-0.25, -0.2) is 21.6 Å². The van der Waals surface area contributed by atoms with Crippen molar-refractivity contribution in [2.24, 2.45) is 0 Å². The standard InChI is InChI=1S/C6H6F3NO3S/c7-5(8)6(9)10-14(11,12)4-2-1-3-13-4/h1-3,5-6,10H. The van der Waals surface area contributed by atoms with Crippen LogP contribution in [0.15, 0.2) is 27.9 Å². The molecule has 0 radical (unpaired) electrons. The first kappa shape index (κ1) is 11.1. The summed E-state index contributed by atoms with van der Waals surface area (Å²) in [6.07, 6.45) is -5.32. The minimum Gasteiger partial charge on any atom is -0.452 e. The Morgan fingerprint density at radius 2 is 2.00 bits per heavy atom. The van der Waals surface area contributed by atoms with Crippen LogP contribution in [0.1, 0.15) is 0 Å². The number of rotatable bonds is 4. The molecule has 0 saturated carbocycles. The monoisotopic (exact) mass is 229 g/mol. The van der Waals surface area contributed by atoms with Crippen molar-refractivity contribution in [3.8, 4) is 0 Å². The molecule has 0 saturated heterocycles. The van der Waals surface area contributed by atoms with E-state index in [0.29, 0.717) is 0 Å². The molecule has 1 heterocycles. The molecule has 0 bridgehead atoms. The maximum absolute atomic E-state index is 12.3. The molecule has 1 aromatic rings. The molecule has 1 aromatic heterocycles. The lowest BCUT2D eigenvalue weighted by Gasteiger charge is -2.07. The molecule has 1 atom stereocenters. The molecule has 8 heteroatoms. The van der Waals surface area contributed by atoms with Gasteiger partial charge in [0.15, 0.2) is 0 Å². The summed E-state index contributed by atoms with van der Waals surface area (Å²) in [4.78, 5) is 0. The fraction of sp³-hybridized carbons (Fsp3) is 0.333. The first-order valence-corrected chi connectivity index (χ1v) is 4.90. The minimum absolute atomic E-state index is 0.610. The van der Waals surface area contributed by atoms with E-state index < -0.39 is 27.8 Å². The molecule has 14 heavy (non-hydrogen) atoms. The van der Waals surface area contributed by atoms with Crippen LogP contribution in [0.2, 0.25) is 0 Å². The number of hydrogen-bond acceptors (Lipinski definition) is 3. The molecular weight excluding hydrogens is 223 g/mol. The van der Waals surface area contributed by atoms with Crippen molar-refractivity contribution >= 4 is 10.0 Å². The van der Waals surface area contributed by atoms with Gasteiger partial charge in [0.2, 0.25) is 11.4 Å². The summed E-state index contributed by atoms with van der Waals surface area (Å²) >= 11 is 0. The Morgan fingerprint density at radius 3 is 2.43 bits per heavy atom. The molecule has 0 fully saturated rings. The number of sulfonamides is 1. The first-order valence-electron chi connectivity index (χ1n) is 3.41. The van der Waals surface area contributed by atoms with Gasteiger partial charge in [-0.2, -0.15) is 4.72 Å². The van der Waals surface area contributed by atoms with Crippen LogP contribution in [0.25, 0.3) is 0 Å². The molecule has 1 N–H and O–H groups in total. The molecule has 0 spiro atoms. The molecule has 4 nitrogen and oxygen atoms in total. The van der Waals surface area contributed by atoms with Gasteiger partial charge < -0.3 is 4.42 Å². The number of halogens is 3.